The first-order valence-electron chi connectivity index (χ1n) is 5.65. The van der Waals surface area contributed by atoms with E-state index in [-0.39, 0.29) is 16.7 Å². The molecule has 18 heavy (non-hydrogen) atoms. The number of benzene rings is 1. The van der Waals surface area contributed by atoms with E-state index in [1.807, 2.05) is 6.92 Å². The van der Waals surface area contributed by atoms with Gasteiger partial charge < -0.3 is 10.2 Å². The van der Waals surface area contributed by atoms with Crippen molar-refractivity contribution in [3.63, 3.8) is 0 Å². The summed E-state index contributed by atoms with van der Waals surface area (Å²) in [4.78, 5) is 21.8. The van der Waals surface area contributed by atoms with Crippen LogP contribution in [0.2, 0.25) is 0 Å². The van der Waals surface area contributed by atoms with Crippen molar-refractivity contribution in [2.24, 2.45) is 0 Å². The van der Waals surface area contributed by atoms with E-state index >= 15 is 0 Å². The van der Waals surface area contributed by atoms with E-state index < -0.39 is 11.9 Å². The zero-order valence-corrected chi connectivity index (χ0v) is 10.1. The molecule has 0 aliphatic carbocycles. The van der Waals surface area contributed by atoms with Crippen LogP contribution in [0.5, 0.6) is 0 Å². The maximum atomic E-state index is 11.0. The average Bonchev–Trinajstić information content (AvgIpc) is 2.34. The molecule has 94 valence electrons. The zero-order chi connectivity index (χ0) is 13.5. The van der Waals surface area contributed by atoms with Crippen molar-refractivity contribution in [2.45, 2.75) is 26.2 Å². The molecule has 0 aliphatic rings. The van der Waals surface area contributed by atoms with Crippen molar-refractivity contribution in [1.29, 1.82) is 0 Å². The Labute approximate surface area is 105 Å². The highest BCUT2D eigenvalue weighted by Gasteiger charge is 2.11. The van der Waals surface area contributed by atoms with E-state index in [0.717, 1.165) is 12.8 Å². The first-order chi connectivity index (χ1) is 8.56. The molecule has 1 rings (SSSR count). The maximum absolute atomic E-state index is 11.0. The van der Waals surface area contributed by atoms with Gasteiger partial charge in [0, 0.05) is 12.0 Å². The molecule has 0 amide bonds. The number of carbonyl (C=O) groups is 2. The number of unbranched alkanes of at least 4 members (excludes halogenated alkanes) is 2. The molecule has 2 N–H and O–H groups in total. The fourth-order valence-electron chi connectivity index (χ4n) is 1.39. The molecular weight excluding hydrogens is 232 g/mol. The Kier molecular flexibility index (Phi) is 4.94. The van der Waals surface area contributed by atoms with Crippen LogP contribution in [0.1, 0.15) is 52.5 Å². The SMILES string of the molecule is CCCCC#Cc1cc(C(=O)O)ccc1C(=O)O. The van der Waals surface area contributed by atoms with Gasteiger partial charge in [0.25, 0.3) is 0 Å². The summed E-state index contributed by atoms with van der Waals surface area (Å²) in [7, 11) is 0. The predicted molar refractivity (Wildman–Crippen MR) is 66.8 cm³/mol. The van der Waals surface area contributed by atoms with E-state index in [9.17, 15) is 9.59 Å². The molecule has 0 aromatic heterocycles. The van der Waals surface area contributed by atoms with Gasteiger partial charge in [-0.3, -0.25) is 0 Å². The normalized spacial score (nSPS) is 9.39. The average molecular weight is 246 g/mol. The Bertz CT molecular complexity index is 520. The first kappa shape index (κ1) is 13.8. The quantitative estimate of drug-likeness (QED) is 0.632. The number of carboxylic acids is 2. The number of carboxylic acid groups (broad SMARTS) is 2. The van der Waals surface area contributed by atoms with Crippen LogP contribution in [-0.4, -0.2) is 22.2 Å². The molecule has 1 aromatic rings. The van der Waals surface area contributed by atoms with Gasteiger partial charge in [-0.1, -0.05) is 25.2 Å². The van der Waals surface area contributed by atoms with Gasteiger partial charge in [-0.05, 0) is 24.6 Å². The second-order valence-electron chi connectivity index (χ2n) is 3.78. The van der Waals surface area contributed by atoms with Gasteiger partial charge in [-0.25, -0.2) is 9.59 Å². The first-order valence-corrected chi connectivity index (χ1v) is 5.65. The third kappa shape index (κ3) is 3.63. The largest absolute Gasteiger partial charge is 0.478 e. The molecule has 0 heterocycles. The third-order valence-corrected chi connectivity index (χ3v) is 2.38. The molecule has 0 atom stereocenters. The highest BCUT2D eigenvalue weighted by Crippen LogP contribution is 2.12. The van der Waals surface area contributed by atoms with Crippen LogP contribution in [0.3, 0.4) is 0 Å². The minimum atomic E-state index is -1.10. The van der Waals surface area contributed by atoms with Crippen LogP contribution < -0.4 is 0 Å². The van der Waals surface area contributed by atoms with Gasteiger partial charge in [-0.15, -0.1) is 0 Å². The number of hydrogen-bond acceptors (Lipinski definition) is 2. The second-order valence-corrected chi connectivity index (χ2v) is 3.78. The topological polar surface area (TPSA) is 74.6 Å². The standard InChI is InChI=1S/C14H14O4/c1-2-3-4-5-6-10-9-11(13(15)16)7-8-12(10)14(17)18/h7-9H,2-4H2,1H3,(H,15,16)(H,17,18). The van der Waals surface area contributed by atoms with Crippen LogP contribution >= 0.6 is 0 Å². The Balaban J connectivity index is 3.10. The molecule has 0 saturated carbocycles. The summed E-state index contributed by atoms with van der Waals surface area (Å²) < 4.78 is 0. The van der Waals surface area contributed by atoms with Crippen molar-refractivity contribution in [3.05, 3.63) is 34.9 Å². The lowest BCUT2D eigenvalue weighted by molar-refractivity contribution is 0.0681. The molecule has 0 spiro atoms. The molecule has 4 nitrogen and oxygen atoms in total. The number of rotatable bonds is 4. The molecule has 0 unspecified atom stereocenters. The highest BCUT2D eigenvalue weighted by molar-refractivity contribution is 5.94. The minimum Gasteiger partial charge on any atom is -0.478 e. The fraction of sp³-hybridized carbons (Fsp3) is 0.286. The molecular formula is C14H14O4. The van der Waals surface area contributed by atoms with E-state index in [4.69, 9.17) is 10.2 Å². The van der Waals surface area contributed by atoms with E-state index in [0.29, 0.717) is 6.42 Å². The minimum absolute atomic E-state index is 0.0315. The Morgan fingerprint density at radius 2 is 1.94 bits per heavy atom. The zero-order valence-electron chi connectivity index (χ0n) is 10.1. The van der Waals surface area contributed by atoms with Crippen molar-refractivity contribution >= 4 is 11.9 Å². The summed E-state index contributed by atoms with van der Waals surface area (Å²) >= 11 is 0. The predicted octanol–water partition coefficient (Wildman–Crippen LogP) is 2.62. The molecule has 0 bridgehead atoms. The number of aromatic carboxylic acids is 2. The lowest BCUT2D eigenvalue weighted by Crippen LogP contribution is -2.03. The van der Waals surface area contributed by atoms with Crippen LogP contribution in [0, 0.1) is 11.8 Å². The van der Waals surface area contributed by atoms with Gasteiger partial charge in [0.1, 0.15) is 0 Å². The molecule has 4 heteroatoms. The van der Waals surface area contributed by atoms with Crippen LogP contribution in [0.15, 0.2) is 18.2 Å². The molecule has 0 saturated heterocycles. The molecule has 1 aromatic carbocycles. The van der Waals surface area contributed by atoms with E-state index in [2.05, 4.69) is 11.8 Å². The van der Waals surface area contributed by atoms with Gasteiger partial charge >= 0.3 is 11.9 Å². The summed E-state index contributed by atoms with van der Waals surface area (Å²) in [5.74, 6) is 3.39. The van der Waals surface area contributed by atoms with E-state index in [1.54, 1.807) is 0 Å². The van der Waals surface area contributed by atoms with Crippen molar-refractivity contribution in [3.8, 4) is 11.8 Å². The van der Waals surface area contributed by atoms with Crippen LogP contribution in [-0.2, 0) is 0 Å². The Morgan fingerprint density at radius 1 is 1.22 bits per heavy atom. The van der Waals surface area contributed by atoms with Gasteiger partial charge in [0.2, 0.25) is 0 Å². The lowest BCUT2D eigenvalue weighted by atomic mass is 10.0. The molecule has 0 radical (unpaired) electrons. The van der Waals surface area contributed by atoms with Gasteiger partial charge in [0.15, 0.2) is 0 Å². The van der Waals surface area contributed by atoms with Crippen molar-refractivity contribution in [1.82, 2.24) is 0 Å². The second kappa shape index (κ2) is 6.45. The summed E-state index contributed by atoms with van der Waals surface area (Å²) in [6.45, 7) is 2.04. The fourth-order valence-corrected chi connectivity index (χ4v) is 1.39. The summed E-state index contributed by atoms with van der Waals surface area (Å²) in [6.07, 6.45) is 2.62. The lowest BCUT2D eigenvalue weighted by Gasteiger charge is -2.01. The molecule has 0 fully saturated rings. The van der Waals surface area contributed by atoms with Crippen LogP contribution in [0.25, 0.3) is 0 Å². The number of hydrogen-bond donors (Lipinski definition) is 2. The van der Waals surface area contributed by atoms with Crippen molar-refractivity contribution < 1.29 is 19.8 Å². The van der Waals surface area contributed by atoms with E-state index in [1.165, 1.54) is 18.2 Å². The van der Waals surface area contributed by atoms with Gasteiger partial charge in [0.05, 0.1) is 11.1 Å². The maximum Gasteiger partial charge on any atom is 0.336 e. The smallest absolute Gasteiger partial charge is 0.336 e. The van der Waals surface area contributed by atoms with Gasteiger partial charge in [-0.2, -0.15) is 0 Å². The van der Waals surface area contributed by atoms with Crippen molar-refractivity contribution in [2.75, 3.05) is 0 Å². The van der Waals surface area contributed by atoms with Crippen LogP contribution in [0.4, 0.5) is 0 Å². The molecule has 0 aliphatic heterocycles. The summed E-state index contributed by atoms with van der Waals surface area (Å²) in [5.41, 5.74) is 0.322. The Morgan fingerprint density at radius 3 is 2.50 bits per heavy atom. The summed E-state index contributed by atoms with van der Waals surface area (Å²) in [6, 6.07) is 3.84. The summed E-state index contributed by atoms with van der Waals surface area (Å²) in [5, 5.41) is 17.8. The third-order valence-electron chi connectivity index (χ3n) is 2.38. The highest BCUT2D eigenvalue weighted by atomic mass is 16.4. The Hall–Kier alpha value is -2.28. The monoisotopic (exact) mass is 246 g/mol.